The monoisotopic (exact) mass is 738 g/mol. The lowest BCUT2D eigenvalue weighted by atomic mass is 9.92. The number of benzene rings is 8. The molecule has 0 saturated heterocycles. The molecular formula is C54H34N4. The Kier molecular flexibility index (Phi) is 7.26. The predicted octanol–water partition coefficient (Wildman–Crippen LogP) is 14.0. The van der Waals surface area contributed by atoms with Crippen LogP contribution in [0.25, 0.3) is 105 Å². The SMILES string of the molecule is C1=CC(c2ccc(-c3ccnc4c3ccc3cccnc34)cc2)Nc2cc(-c3ccc4ccc(-c5ccc6c7ccccc7c7ccccc7c6c5)cc4n3)ccc21. The third-order valence-corrected chi connectivity index (χ3v) is 12.0. The average molecular weight is 739 g/mol. The number of nitrogens with one attached hydrogen (secondary N) is 1. The molecule has 270 valence electrons. The van der Waals surface area contributed by atoms with Crippen molar-refractivity contribution < 1.29 is 0 Å². The molecule has 0 radical (unpaired) electrons. The molecule has 3 aromatic heterocycles. The molecule has 0 saturated carbocycles. The van der Waals surface area contributed by atoms with Crippen molar-refractivity contribution in [3.05, 3.63) is 199 Å². The smallest absolute Gasteiger partial charge is 0.0970 e. The molecule has 4 heteroatoms. The molecule has 12 rings (SSSR count). The number of aromatic nitrogens is 3. The molecule has 58 heavy (non-hydrogen) atoms. The number of nitrogens with zero attached hydrogens (tertiary/aromatic N) is 3. The van der Waals surface area contributed by atoms with Gasteiger partial charge in [0.05, 0.1) is 28.3 Å². The van der Waals surface area contributed by atoms with E-state index < -0.39 is 0 Å². The fourth-order valence-corrected chi connectivity index (χ4v) is 9.02. The first-order valence-corrected chi connectivity index (χ1v) is 19.8. The highest BCUT2D eigenvalue weighted by Crippen LogP contribution is 2.39. The highest BCUT2D eigenvalue weighted by molar-refractivity contribution is 6.25. The number of fused-ring (bicyclic) bond motifs is 11. The van der Waals surface area contributed by atoms with Crippen LogP contribution < -0.4 is 5.32 Å². The molecule has 8 aromatic carbocycles. The number of hydrogen-bond donors (Lipinski definition) is 1. The zero-order valence-corrected chi connectivity index (χ0v) is 31.4. The van der Waals surface area contributed by atoms with Gasteiger partial charge in [-0.3, -0.25) is 9.97 Å². The van der Waals surface area contributed by atoms with Gasteiger partial charge in [-0.25, -0.2) is 4.98 Å². The Morgan fingerprint density at radius 2 is 1.09 bits per heavy atom. The summed E-state index contributed by atoms with van der Waals surface area (Å²) in [5, 5.41) is 14.8. The highest BCUT2D eigenvalue weighted by Gasteiger charge is 2.17. The molecule has 4 heterocycles. The van der Waals surface area contributed by atoms with E-state index in [1.807, 2.05) is 18.5 Å². The standard InChI is InChI=1S/C54H34N4/c1-2-9-44-42(7-1)43-8-3-4-10-45(43)48-30-38(20-23-46(44)48)39-17-15-35-22-26-50(58-51(35)31-39)40-18-16-36-21-25-49(57-52(36)32-40)34-13-11-33(12-14-34)41-27-29-56-54-47(41)24-19-37-6-5-28-55-53(37)54/h1-32,49,57H. The minimum atomic E-state index is 0.0447. The van der Waals surface area contributed by atoms with E-state index in [1.165, 1.54) is 49.0 Å². The summed E-state index contributed by atoms with van der Waals surface area (Å²) in [5.41, 5.74) is 13.0. The third kappa shape index (κ3) is 5.26. The summed E-state index contributed by atoms with van der Waals surface area (Å²) in [5.74, 6) is 0. The van der Waals surface area contributed by atoms with Crippen LogP contribution in [0.4, 0.5) is 5.69 Å². The molecule has 0 aliphatic carbocycles. The van der Waals surface area contributed by atoms with Crippen molar-refractivity contribution in [2.45, 2.75) is 6.04 Å². The lowest BCUT2D eigenvalue weighted by molar-refractivity contribution is 0.979. The first-order valence-electron chi connectivity index (χ1n) is 19.8. The summed E-state index contributed by atoms with van der Waals surface area (Å²) in [4.78, 5) is 14.6. The number of hydrogen-bond acceptors (Lipinski definition) is 4. The van der Waals surface area contributed by atoms with Gasteiger partial charge in [0.1, 0.15) is 0 Å². The summed E-state index contributed by atoms with van der Waals surface area (Å²) < 4.78 is 0. The Bertz CT molecular complexity index is 3460. The summed E-state index contributed by atoms with van der Waals surface area (Å²) in [6, 6.07) is 61.3. The van der Waals surface area contributed by atoms with E-state index in [0.717, 1.165) is 66.3 Å². The van der Waals surface area contributed by atoms with Crippen LogP contribution in [0.1, 0.15) is 17.2 Å². The van der Waals surface area contributed by atoms with Gasteiger partial charge in [-0.15, -0.1) is 0 Å². The van der Waals surface area contributed by atoms with Crippen LogP contribution in [0.5, 0.6) is 0 Å². The Balaban J connectivity index is 0.844. The first-order chi connectivity index (χ1) is 28.7. The summed E-state index contributed by atoms with van der Waals surface area (Å²) in [7, 11) is 0. The molecule has 1 N–H and O–H groups in total. The zero-order valence-electron chi connectivity index (χ0n) is 31.4. The Labute approximate surface area is 334 Å². The Morgan fingerprint density at radius 1 is 0.431 bits per heavy atom. The van der Waals surface area contributed by atoms with Gasteiger partial charge in [-0.2, -0.15) is 0 Å². The summed E-state index contributed by atoms with van der Waals surface area (Å²) in [6.07, 6.45) is 8.18. The fourth-order valence-electron chi connectivity index (χ4n) is 9.02. The van der Waals surface area contributed by atoms with Crippen molar-refractivity contribution in [3.8, 4) is 33.5 Å². The van der Waals surface area contributed by atoms with Crippen LogP contribution in [0.3, 0.4) is 0 Å². The quantitative estimate of drug-likeness (QED) is 0.183. The van der Waals surface area contributed by atoms with E-state index in [0.29, 0.717) is 0 Å². The van der Waals surface area contributed by atoms with Crippen LogP contribution in [0.15, 0.2) is 188 Å². The van der Waals surface area contributed by atoms with Gasteiger partial charge in [0.2, 0.25) is 0 Å². The molecule has 0 amide bonds. The van der Waals surface area contributed by atoms with Gasteiger partial charge in [0.15, 0.2) is 0 Å². The summed E-state index contributed by atoms with van der Waals surface area (Å²) >= 11 is 0. The maximum absolute atomic E-state index is 5.23. The van der Waals surface area contributed by atoms with Crippen molar-refractivity contribution in [1.82, 2.24) is 15.0 Å². The van der Waals surface area contributed by atoms with Gasteiger partial charge in [0, 0.05) is 39.8 Å². The predicted molar refractivity (Wildman–Crippen MR) is 243 cm³/mol. The molecule has 11 aromatic rings. The molecule has 1 unspecified atom stereocenters. The number of anilines is 1. The van der Waals surface area contributed by atoms with Gasteiger partial charge in [-0.05, 0) is 102 Å². The van der Waals surface area contributed by atoms with Gasteiger partial charge in [0.25, 0.3) is 0 Å². The van der Waals surface area contributed by atoms with E-state index in [9.17, 15) is 0 Å². The zero-order chi connectivity index (χ0) is 38.2. The van der Waals surface area contributed by atoms with Crippen molar-refractivity contribution in [3.63, 3.8) is 0 Å². The highest BCUT2D eigenvalue weighted by atomic mass is 14.9. The number of pyridine rings is 3. The van der Waals surface area contributed by atoms with Crippen LogP contribution in [0.2, 0.25) is 0 Å². The Hall–Kier alpha value is -7.69. The molecule has 0 spiro atoms. The lowest BCUT2D eigenvalue weighted by Crippen LogP contribution is -2.12. The molecule has 4 nitrogen and oxygen atoms in total. The molecule has 0 bridgehead atoms. The minimum Gasteiger partial charge on any atom is -0.374 e. The third-order valence-electron chi connectivity index (χ3n) is 12.0. The maximum atomic E-state index is 5.23. The van der Waals surface area contributed by atoms with E-state index >= 15 is 0 Å². The summed E-state index contributed by atoms with van der Waals surface area (Å²) in [6.45, 7) is 0. The Morgan fingerprint density at radius 3 is 1.91 bits per heavy atom. The van der Waals surface area contributed by atoms with E-state index in [4.69, 9.17) is 9.97 Å². The van der Waals surface area contributed by atoms with E-state index in [1.54, 1.807) is 0 Å². The van der Waals surface area contributed by atoms with E-state index in [-0.39, 0.29) is 6.04 Å². The minimum absolute atomic E-state index is 0.0447. The molecule has 1 atom stereocenters. The molecular weight excluding hydrogens is 705 g/mol. The second-order valence-corrected chi connectivity index (χ2v) is 15.3. The van der Waals surface area contributed by atoms with Crippen molar-refractivity contribution in [2.24, 2.45) is 0 Å². The van der Waals surface area contributed by atoms with Gasteiger partial charge in [-0.1, -0.05) is 146 Å². The average Bonchev–Trinajstić information content (AvgIpc) is 3.30. The van der Waals surface area contributed by atoms with E-state index in [2.05, 4.69) is 186 Å². The van der Waals surface area contributed by atoms with Crippen molar-refractivity contribution >= 4 is 76.8 Å². The first kappa shape index (κ1) is 32.5. The van der Waals surface area contributed by atoms with Crippen molar-refractivity contribution in [2.75, 3.05) is 5.32 Å². The second-order valence-electron chi connectivity index (χ2n) is 15.3. The van der Waals surface area contributed by atoms with Gasteiger partial charge >= 0.3 is 0 Å². The fraction of sp³-hybridized carbons (Fsp3) is 0.0185. The topological polar surface area (TPSA) is 50.7 Å². The number of rotatable bonds is 4. The van der Waals surface area contributed by atoms with Crippen LogP contribution in [-0.2, 0) is 0 Å². The largest absolute Gasteiger partial charge is 0.374 e. The molecule has 0 fully saturated rings. The van der Waals surface area contributed by atoms with Crippen LogP contribution in [-0.4, -0.2) is 15.0 Å². The van der Waals surface area contributed by atoms with Crippen LogP contribution in [0, 0.1) is 0 Å². The van der Waals surface area contributed by atoms with Gasteiger partial charge < -0.3 is 5.32 Å². The van der Waals surface area contributed by atoms with Crippen LogP contribution >= 0.6 is 0 Å². The maximum Gasteiger partial charge on any atom is 0.0970 e. The van der Waals surface area contributed by atoms with Crippen molar-refractivity contribution in [1.29, 1.82) is 0 Å². The lowest BCUT2D eigenvalue weighted by Gasteiger charge is -2.23. The second kappa shape index (κ2) is 12.9. The molecule has 1 aliphatic heterocycles. The molecule has 1 aliphatic rings. The normalized spacial score (nSPS) is 13.8.